The van der Waals surface area contributed by atoms with Gasteiger partial charge in [0, 0.05) is 26.4 Å². The molecule has 0 heterocycles. The lowest BCUT2D eigenvalue weighted by molar-refractivity contribution is 0.104. The van der Waals surface area contributed by atoms with Crippen molar-refractivity contribution >= 4 is 17.4 Å². The number of rotatable bonds is 3. The zero-order valence-corrected chi connectivity index (χ0v) is 9.25. The van der Waals surface area contributed by atoms with Gasteiger partial charge in [-0.2, -0.15) is 0 Å². The van der Waals surface area contributed by atoms with Crippen LogP contribution in [-0.2, 0) is 0 Å². The van der Waals surface area contributed by atoms with Gasteiger partial charge in [-0.05, 0) is 12.1 Å². The summed E-state index contributed by atoms with van der Waals surface area (Å²) >= 11 is 5.56. The molecule has 2 nitrogen and oxygen atoms in total. The molecule has 0 saturated carbocycles. The van der Waals surface area contributed by atoms with Gasteiger partial charge < -0.3 is 4.90 Å². The van der Waals surface area contributed by atoms with Crippen molar-refractivity contribution in [3.05, 3.63) is 46.9 Å². The number of halogens is 2. The van der Waals surface area contributed by atoms with Crippen molar-refractivity contribution in [3.8, 4) is 0 Å². The molecule has 0 spiro atoms. The molecular weight excluding hydrogens is 217 g/mol. The third kappa shape index (κ3) is 3.06. The van der Waals surface area contributed by atoms with Crippen LogP contribution in [0.1, 0.15) is 10.4 Å². The zero-order chi connectivity index (χ0) is 11.4. The third-order valence-corrected chi connectivity index (χ3v) is 2.03. The molecular formula is C11H11ClFNO. The fraction of sp³-hybridized carbons (Fsp3) is 0.182. The van der Waals surface area contributed by atoms with Gasteiger partial charge in [-0.25, -0.2) is 4.39 Å². The molecule has 1 aromatic carbocycles. The quantitative estimate of drug-likeness (QED) is 0.585. The minimum absolute atomic E-state index is 0.0133. The van der Waals surface area contributed by atoms with Gasteiger partial charge in [-0.15, -0.1) is 0 Å². The van der Waals surface area contributed by atoms with E-state index in [2.05, 4.69) is 0 Å². The van der Waals surface area contributed by atoms with Gasteiger partial charge in [0.15, 0.2) is 11.6 Å². The topological polar surface area (TPSA) is 20.3 Å². The first-order valence-electron chi connectivity index (χ1n) is 4.35. The molecule has 1 aromatic rings. The van der Waals surface area contributed by atoms with E-state index >= 15 is 0 Å². The predicted octanol–water partition coefficient (Wildman–Crippen LogP) is 2.74. The summed E-state index contributed by atoms with van der Waals surface area (Å²) in [7, 11) is 3.55. The molecule has 0 aromatic heterocycles. The fourth-order valence-corrected chi connectivity index (χ4v) is 1.18. The lowest BCUT2D eigenvalue weighted by Gasteiger charge is -2.03. The first-order chi connectivity index (χ1) is 7.02. The number of allylic oxidation sites excluding steroid dienone is 1. The van der Waals surface area contributed by atoms with E-state index in [4.69, 9.17) is 11.6 Å². The number of carbonyl (C=O) groups excluding carboxylic acids is 1. The highest BCUT2D eigenvalue weighted by atomic mass is 35.5. The van der Waals surface area contributed by atoms with Gasteiger partial charge in [-0.3, -0.25) is 4.79 Å². The highest BCUT2D eigenvalue weighted by molar-refractivity contribution is 6.31. The van der Waals surface area contributed by atoms with Crippen molar-refractivity contribution in [1.29, 1.82) is 0 Å². The number of carbonyl (C=O) groups is 1. The Kier molecular flexibility index (Phi) is 3.86. The van der Waals surface area contributed by atoms with Gasteiger partial charge in [0.2, 0.25) is 0 Å². The van der Waals surface area contributed by atoms with E-state index in [-0.39, 0.29) is 10.6 Å². The van der Waals surface area contributed by atoms with Gasteiger partial charge in [0.05, 0.1) is 10.6 Å². The highest BCUT2D eigenvalue weighted by Gasteiger charge is 2.11. The van der Waals surface area contributed by atoms with Gasteiger partial charge in [-0.1, -0.05) is 17.7 Å². The average molecular weight is 228 g/mol. The molecule has 80 valence electrons. The molecule has 0 unspecified atom stereocenters. The van der Waals surface area contributed by atoms with Gasteiger partial charge in [0.1, 0.15) is 0 Å². The number of ketones is 1. The van der Waals surface area contributed by atoms with Crippen molar-refractivity contribution < 1.29 is 9.18 Å². The maximum atomic E-state index is 13.4. The second-order valence-electron chi connectivity index (χ2n) is 3.24. The van der Waals surface area contributed by atoms with Crippen molar-refractivity contribution in [3.63, 3.8) is 0 Å². The molecule has 0 saturated heterocycles. The van der Waals surface area contributed by atoms with Gasteiger partial charge >= 0.3 is 0 Å². The molecule has 0 fully saturated rings. The number of hydrogen-bond donors (Lipinski definition) is 0. The SMILES string of the molecule is CN(C)C=CC(=O)c1cccc(Cl)c1F. The molecule has 0 radical (unpaired) electrons. The number of hydrogen-bond acceptors (Lipinski definition) is 2. The Balaban J connectivity index is 2.97. The summed E-state index contributed by atoms with van der Waals surface area (Å²) in [4.78, 5) is 13.2. The Hall–Kier alpha value is -1.35. The molecule has 0 aliphatic rings. The Labute approximate surface area is 93.0 Å². The lowest BCUT2D eigenvalue weighted by atomic mass is 10.1. The van der Waals surface area contributed by atoms with Crippen LogP contribution in [0.5, 0.6) is 0 Å². The van der Waals surface area contributed by atoms with Crippen molar-refractivity contribution in [2.75, 3.05) is 14.1 Å². The van der Waals surface area contributed by atoms with Crippen LogP contribution < -0.4 is 0 Å². The highest BCUT2D eigenvalue weighted by Crippen LogP contribution is 2.18. The summed E-state index contributed by atoms with van der Waals surface area (Å²) in [5.41, 5.74) is -0.0133. The van der Waals surface area contributed by atoms with E-state index in [9.17, 15) is 9.18 Å². The Morgan fingerprint density at radius 2 is 2.13 bits per heavy atom. The van der Waals surface area contributed by atoms with Crippen molar-refractivity contribution in [2.45, 2.75) is 0 Å². The molecule has 0 atom stereocenters. The van der Waals surface area contributed by atoms with Crippen LogP contribution in [0.3, 0.4) is 0 Å². The standard InChI is InChI=1S/C11H11ClFNO/c1-14(2)7-6-10(15)8-4-3-5-9(12)11(8)13/h3-7H,1-2H3. The maximum absolute atomic E-state index is 13.4. The van der Waals surface area contributed by atoms with Gasteiger partial charge in [0.25, 0.3) is 0 Å². The molecule has 1 rings (SSSR count). The summed E-state index contributed by atoms with van der Waals surface area (Å²) in [6.07, 6.45) is 2.86. The number of nitrogens with zero attached hydrogens (tertiary/aromatic N) is 1. The van der Waals surface area contributed by atoms with E-state index in [0.717, 1.165) is 0 Å². The Bertz CT molecular complexity index is 402. The normalized spacial score (nSPS) is 10.7. The van der Waals surface area contributed by atoms with Crippen LogP contribution in [0.4, 0.5) is 4.39 Å². The first-order valence-corrected chi connectivity index (χ1v) is 4.73. The van der Waals surface area contributed by atoms with Crippen LogP contribution in [0.2, 0.25) is 5.02 Å². The largest absolute Gasteiger partial charge is 0.383 e. The maximum Gasteiger partial charge on any atom is 0.190 e. The summed E-state index contributed by atoms with van der Waals surface area (Å²) in [6.45, 7) is 0. The van der Waals surface area contributed by atoms with Crippen molar-refractivity contribution in [1.82, 2.24) is 4.90 Å². The monoisotopic (exact) mass is 227 g/mol. The smallest absolute Gasteiger partial charge is 0.190 e. The summed E-state index contributed by atoms with van der Waals surface area (Å²) in [6, 6.07) is 4.36. The number of benzene rings is 1. The van der Waals surface area contributed by atoms with E-state index in [0.29, 0.717) is 0 Å². The van der Waals surface area contributed by atoms with Crippen LogP contribution in [0.25, 0.3) is 0 Å². The van der Waals surface area contributed by atoms with Crippen LogP contribution in [0.15, 0.2) is 30.5 Å². The second-order valence-corrected chi connectivity index (χ2v) is 3.65. The summed E-state index contributed by atoms with van der Waals surface area (Å²) in [5.74, 6) is -1.07. The fourth-order valence-electron chi connectivity index (χ4n) is 1.00. The van der Waals surface area contributed by atoms with E-state index in [1.165, 1.54) is 18.2 Å². The minimum Gasteiger partial charge on any atom is -0.383 e. The van der Waals surface area contributed by atoms with Crippen LogP contribution >= 0.6 is 11.6 Å². The van der Waals surface area contributed by atoms with Crippen LogP contribution in [0, 0.1) is 5.82 Å². The minimum atomic E-state index is -0.674. The molecule has 0 aliphatic heterocycles. The molecule has 15 heavy (non-hydrogen) atoms. The molecule has 4 heteroatoms. The molecule has 0 amide bonds. The third-order valence-electron chi connectivity index (χ3n) is 1.74. The second kappa shape index (κ2) is 4.94. The predicted molar refractivity (Wildman–Crippen MR) is 58.6 cm³/mol. The molecule has 0 bridgehead atoms. The van der Waals surface area contributed by atoms with E-state index in [1.807, 2.05) is 0 Å². The zero-order valence-electron chi connectivity index (χ0n) is 8.50. The van der Waals surface area contributed by atoms with Crippen molar-refractivity contribution in [2.24, 2.45) is 0 Å². The Morgan fingerprint density at radius 3 is 2.73 bits per heavy atom. The first kappa shape index (κ1) is 11.7. The summed E-state index contributed by atoms with van der Waals surface area (Å²) < 4.78 is 13.4. The lowest BCUT2D eigenvalue weighted by Crippen LogP contribution is -2.04. The molecule has 0 aliphatic carbocycles. The Morgan fingerprint density at radius 1 is 1.47 bits per heavy atom. The van der Waals surface area contributed by atoms with E-state index in [1.54, 1.807) is 31.3 Å². The average Bonchev–Trinajstić information content (AvgIpc) is 2.18. The molecule has 0 N–H and O–H groups in total. The van der Waals surface area contributed by atoms with Crippen LogP contribution in [-0.4, -0.2) is 24.8 Å². The van der Waals surface area contributed by atoms with E-state index < -0.39 is 11.6 Å². The summed E-state index contributed by atoms with van der Waals surface area (Å²) in [5, 5.41) is -0.0425.